The van der Waals surface area contributed by atoms with Gasteiger partial charge in [-0.05, 0) is 29.8 Å². The van der Waals surface area contributed by atoms with E-state index in [0.717, 1.165) is 14.8 Å². The topological polar surface area (TPSA) is 107 Å². The van der Waals surface area contributed by atoms with Gasteiger partial charge in [-0.1, -0.05) is 47.4 Å². The molecule has 27 heavy (non-hydrogen) atoms. The van der Waals surface area contributed by atoms with Crippen molar-refractivity contribution in [3.63, 3.8) is 0 Å². The van der Waals surface area contributed by atoms with Crippen molar-refractivity contribution in [3.05, 3.63) is 59.6 Å². The minimum atomic E-state index is -0.395. The average molecular weight is 400 g/mol. The summed E-state index contributed by atoms with van der Waals surface area (Å²) in [6.45, 7) is -0.132. The Balaban J connectivity index is 1.56. The van der Waals surface area contributed by atoms with Crippen LogP contribution in [0.25, 0.3) is 0 Å². The Kier molecular flexibility index (Phi) is 6.39. The number of nitrogens with two attached hydrogens (primary N) is 1. The molecular weight excluding hydrogens is 384 g/mol. The van der Waals surface area contributed by atoms with E-state index in [4.69, 9.17) is 10.5 Å². The predicted molar refractivity (Wildman–Crippen MR) is 104 cm³/mol. The number of primary amides is 1. The molecule has 0 saturated heterocycles. The summed E-state index contributed by atoms with van der Waals surface area (Å²) in [7, 11) is 0. The molecule has 0 spiro atoms. The number of aromatic nitrogens is 2. The third kappa shape index (κ3) is 5.80. The summed E-state index contributed by atoms with van der Waals surface area (Å²) >= 11 is 2.87. The first-order valence-electron chi connectivity index (χ1n) is 7.93. The lowest BCUT2D eigenvalue weighted by atomic mass is 10.1. The highest BCUT2D eigenvalue weighted by molar-refractivity contribution is 8.01. The van der Waals surface area contributed by atoms with Crippen LogP contribution in [0.1, 0.15) is 5.56 Å². The van der Waals surface area contributed by atoms with Crippen molar-refractivity contribution in [3.8, 4) is 5.75 Å². The number of benzene rings is 2. The van der Waals surface area contributed by atoms with Crippen molar-refractivity contribution in [2.24, 2.45) is 5.73 Å². The molecule has 2 amide bonds. The number of hydrogen-bond acceptors (Lipinski definition) is 7. The predicted octanol–water partition coefficient (Wildman–Crippen LogP) is 2.73. The Hall–Kier alpha value is -2.91. The number of carbonyl (C=O) groups is 2. The lowest BCUT2D eigenvalue weighted by molar-refractivity contribution is -0.118. The van der Waals surface area contributed by atoms with Crippen LogP contribution in [0, 0.1) is 0 Å². The van der Waals surface area contributed by atoms with Gasteiger partial charge in [0.15, 0.2) is 10.9 Å². The molecule has 0 aliphatic heterocycles. The van der Waals surface area contributed by atoms with Crippen LogP contribution in [-0.2, 0) is 16.0 Å². The Bertz CT molecular complexity index is 915. The highest BCUT2D eigenvalue weighted by Crippen LogP contribution is 2.33. The van der Waals surface area contributed by atoms with Gasteiger partial charge in [0, 0.05) is 4.90 Å². The van der Waals surface area contributed by atoms with Crippen LogP contribution in [0.15, 0.2) is 63.3 Å². The molecule has 0 bridgehead atoms. The van der Waals surface area contributed by atoms with Gasteiger partial charge in [-0.15, -0.1) is 10.2 Å². The number of para-hydroxylation sites is 1. The summed E-state index contributed by atoms with van der Waals surface area (Å²) in [6, 6.07) is 14.3. The summed E-state index contributed by atoms with van der Waals surface area (Å²) in [6.07, 6.45) is 0.170. The molecule has 3 N–H and O–H groups in total. The lowest BCUT2D eigenvalue weighted by Gasteiger charge is -2.10. The van der Waals surface area contributed by atoms with Gasteiger partial charge >= 0.3 is 0 Å². The van der Waals surface area contributed by atoms with Crippen LogP contribution < -0.4 is 15.8 Å². The van der Waals surface area contributed by atoms with E-state index < -0.39 is 5.91 Å². The van der Waals surface area contributed by atoms with E-state index in [1.807, 2.05) is 24.3 Å². The maximum absolute atomic E-state index is 12.2. The molecule has 0 radical (unpaired) electrons. The van der Waals surface area contributed by atoms with E-state index in [1.165, 1.54) is 23.1 Å². The minimum Gasteiger partial charge on any atom is -0.484 e. The first-order valence-corrected chi connectivity index (χ1v) is 9.63. The lowest BCUT2D eigenvalue weighted by Crippen LogP contribution is -2.20. The van der Waals surface area contributed by atoms with E-state index in [0.29, 0.717) is 11.4 Å². The fourth-order valence-corrected chi connectivity index (χ4v) is 3.72. The fraction of sp³-hybridized carbons (Fsp3) is 0.111. The summed E-state index contributed by atoms with van der Waals surface area (Å²) in [5, 5.41) is 10.6. The zero-order valence-corrected chi connectivity index (χ0v) is 15.8. The van der Waals surface area contributed by atoms with Crippen LogP contribution in [0.5, 0.6) is 5.75 Å². The zero-order valence-electron chi connectivity index (χ0n) is 14.1. The molecule has 138 valence electrons. The minimum absolute atomic E-state index is 0.132. The van der Waals surface area contributed by atoms with Crippen molar-refractivity contribution in [1.82, 2.24) is 10.2 Å². The molecule has 0 unspecified atom stereocenters. The number of rotatable bonds is 8. The molecule has 1 aromatic heterocycles. The molecule has 0 saturated carbocycles. The monoisotopic (exact) mass is 400 g/mol. The van der Waals surface area contributed by atoms with Crippen LogP contribution in [0.2, 0.25) is 0 Å². The molecule has 3 aromatic rings. The molecule has 0 atom stereocenters. The van der Waals surface area contributed by atoms with Crippen molar-refractivity contribution in [1.29, 1.82) is 0 Å². The quantitative estimate of drug-likeness (QED) is 0.602. The molecular formula is C18H16N4O3S2. The van der Waals surface area contributed by atoms with Crippen molar-refractivity contribution in [2.75, 3.05) is 11.9 Å². The maximum Gasteiger partial charge on any atom is 0.262 e. The van der Waals surface area contributed by atoms with Gasteiger partial charge < -0.3 is 15.8 Å². The van der Waals surface area contributed by atoms with Crippen LogP contribution in [-0.4, -0.2) is 28.6 Å². The van der Waals surface area contributed by atoms with Gasteiger partial charge in [-0.3, -0.25) is 9.59 Å². The first kappa shape index (κ1) is 18.9. The van der Waals surface area contributed by atoms with Crippen molar-refractivity contribution >= 4 is 40.6 Å². The number of nitrogens with one attached hydrogen (secondary N) is 1. The van der Waals surface area contributed by atoms with E-state index >= 15 is 0 Å². The summed E-state index contributed by atoms with van der Waals surface area (Å²) < 4.78 is 6.29. The van der Waals surface area contributed by atoms with Crippen LogP contribution in [0.4, 0.5) is 5.69 Å². The SMILES string of the molecule is NC(=O)Cc1ccc(OCC(=O)Nc2ccccc2Sc2nncs2)cc1. The summed E-state index contributed by atoms with van der Waals surface area (Å²) in [5.41, 5.74) is 8.29. The average Bonchev–Trinajstić information content (AvgIpc) is 3.15. The highest BCUT2D eigenvalue weighted by Gasteiger charge is 2.10. The summed E-state index contributed by atoms with van der Waals surface area (Å²) in [4.78, 5) is 24.0. The first-order chi connectivity index (χ1) is 13.1. The smallest absolute Gasteiger partial charge is 0.262 e. The molecule has 2 aromatic carbocycles. The van der Waals surface area contributed by atoms with Crippen LogP contribution >= 0.6 is 23.1 Å². The third-order valence-electron chi connectivity index (χ3n) is 3.37. The molecule has 7 nitrogen and oxygen atoms in total. The van der Waals surface area contributed by atoms with Gasteiger partial charge in [0.2, 0.25) is 5.91 Å². The second kappa shape index (κ2) is 9.15. The largest absolute Gasteiger partial charge is 0.484 e. The molecule has 0 aliphatic carbocycles. The number of amides is 2. The summed E-state index contributed by atoms with van der Waals surface area (Å²) in [5.74, 6) is -0.135. The zero-order chi connectivity index (χ0) is 19.1. The standard InChI is InChI=1S/C18H16N4O3S2/c19-16(23)9-12-5-7-13(8-6-12)25-10-17(24)21-14-3-1-2-4-15(14)27-18-22-20-11-26-18/h1-8,11H,9-10H2,(H2,19,23)(H,21,24). The third-order valence-corrected chi connectivity index (χ3v) is 5.22. The Labute approximate surface area is 164 Å². The number of nitrogens with zero attached hydrogens (tertiary/aromatic N) is 2. The number of ether oxygens (including phenoxy) is 1. The highest BCUT2D eigenvalue weighted by atomic mass is 32.2. The second-order valence-corrected chi connectivity index (χ2v) is 7.55. The Morgan fingerprint density at radius 2 is 1.93 bits per heavy atom. The Morgan fingerprint density at radius 1 is 1.15 bits per heavy atom. The van der Waals surface area contributed by atoms with Gasteiger partial charge in [-0.2, -0.15) is 0 Å². The van der Waals surface area contributed by atoms with Crippen molar-refractivity contribution in [2.45, 2.75) is 15.7 Å². The number of carbonyl (C=O) groups excluding carboxylic acids is 2. The van der Waals surface area contributed by atoms with Crippen LogP contribution in [0.3, 0.4) is 0 Å². The molecule has 1 heterocycles. The number of hydrogen-bond donors (Lipinski definition) is 2. The van der Waals surface area contributed by atoms with E-state index in [2.05, 4.69) is 15.5 Å². The second-order valence-electron chi connectivity index (χ2n) is 5.43. The molecule has 9 heteroatoms. The van der Waals surface area contributed by atoms with Gasteiger partial charge in [0.1, 0.15) is 11.3 Å². The van der Waals surface area contributed by atoms with Crippen molar-refractivity contribution < 1.29 is 14.3 Å². The normalized spacial score (nSPS) is 10.4. The fourth-order valence-electron chi connectivity index (χ4n) is 2.20. The molecule has 0 fully saturated rings. The van der Waals surface area contributed by atoms with E-state index in [-0.39, 0.29) is 18.9 Å². The van der Waals surface area contributed by atoms with Gasteiger partial charge in [0.25, 0.3) is 5.91 Å². The van der Waals surface area contributed by atoms with Gasteiger partial charge in [-0.25, -0.2) is 0 Å². The Morgan fingerprint density at radius 3 is 2.63 bits per heavy atom. The van der Waals surface area contributed by atoms with Gasteiger partial charge in [0.05, 0.1) is 12.1 Å². The number of anilines is 1. The molecule has 0 aliphatic rings. The van der Waals surface area contributed by atoms with E-state index in [1.54, 1.807) is 29.8 Å². The maximum atomic E-state index is 12.2. The molecule has 3 rings (SSSR count). The van der Waals surface area contributed by atoms with E-state index in [9.17, 15) is 9.59 Å².